The van der Waals surface area contributed by atoms with Crippen molar-refractivity contribution in [2.24, 2.45) is 5.92 Å². The molecule has 1 aromatic carbocycles. The molecule has 6 heteroatoms. The number of fused-ring (bicyclic) bond motifs is 1. The zero-order valence-corrected chi connectivity index (χ0v) is 15.0. The average Bonchev–Trinajstić information content (AvgIpc) is 3.11. The van der Waals surface area contributed by atoms with Crippen LogP contribution in [0.25, 0.3) is 10.2 Å². The molecule has 2 heterocycles. The second-order valence-electron chi connectivity index (χ2n) is 5.77. The molecule has 3 rings (SSSR count). The first-order chi connectivity index (χ1) is 10.7. The van der Waals surface area contributed by atoms with E-state index in [0.29, 0.717) is 12.3 Å². The van der Waals surface area contributed by atoms with Gasteiger partial charge in [0.1, 0.15) is 0 Å². The summed E-state index contributed by atoms with van der Waals surface area (Å²) in [7, 11) is 1.97. The fourth-order valence-electron chi connectivity index (χ4n) is 2.94. The molecular formula is C16H20BrN3OS. The van der Waals surface area contributed by atoms with E-state index in [1.165, 1.54) is 4.70 Å². The molecule has 1 fully saturated rings. The molecule has 0 spiro atoms. The number of carbonyl (C=O) groups excluding carboxylic acids is 1. The summed E-state index contributed by atoms with van der Waals surface area (Å²) in [4.78, 5) is 18.9. The highest BCUT2D eigenvalue weighted by molar-refractivity contribution is 9.10. The van der Waals surface area contributed by atoms with Crippen LogP contribution < -0.4 is 5.32 Å². The average molecular weight is 382 g/mol. The smallest absolute Gasteiger partial charge is 0.222 e. The maximum Gasteiger partial charge on any atom is 0.222 e. The van der Waals surface area contributed by atoms with Crippen molar-refractivity contribution < 1.29 is 4.79 Å². The van der Waals surface area contributed by atoms with Gasteiger partial charge in [0.2, 0.25) is 5.91 Å². The standard InChI is InChI=1S/C16H20BrN3OS/c1-18-9-11-6-7-20(10-11)16(21)5-4-15-19-13-8-12(17)2-3-14(13)22-15/h2-3,8,11,18H,4-7,9-10H2,1H3. The molecule has 22 heavy (non-hydrogen) atoms. The van der Waals surface area contributed by atoms with Gasteiger partial charge in [0, 0.05) is 30.4 Å². The molecular weight excluding hydrogens is 362 g/mol. The number of aromatic nitrogens is 1. The van der Waals surface area contributed by atoms with Crippen molar-refractivity contribution in [3.63, 3.8) is 0 Å². The molecule has 1 atom stereocenters. The Hall–Kier alpha value is -0.980. The van der Waals surface area contributed by atoms with E-state index in [-0.39, 0.29) is 5.91 Å². The zero-order valence-electron chi connectivity index (χ0n) is 12.6. The molecule has 1 aromatic heterocycles. The van der Waals surface area contributed by atoms with Gasteiger partial charge in [-0.25, -0.2) is 4.98 Å². The van der Waals surface area contributed by atoms with Gasteiger partial charge in [0.15, 0.2) is 0 Å². The normalized spacial score (nSPS) is 18.3. The molecule has 118 valence electrons. The largest absolute Gasteiger partial charge is 0.342 e. The van der Waals surface area contributed by atoms with Gasteiger partial charge in [0.25, 0.3) is 0 Å². The number of nitrogens with zero attached hydrogens (tertiary/aromatic N) is 2. The van der Waals surface area contributed by atoms with Crippen molar-refractivity contribution >= 4 is 43.4 Å². The van der Waals surface area contributed by atoms with Gasteiger partial charge in [-0.15, -0.1) is 11.3 Å². The van der Waals surface area contributed by atoms with Gasteiger partial charge in [0.05, 0.1) is 15.2 Å². The molecule has 1 unspecified atom stereocenters. The van der Waals surface area contributed by atoms with Crippen molar-refractivity contribution in [1.29, 1.82) is 0 Å². The molecule has 1 amide bonds. The summed E-state index contributed by atoms with van der Waals surface area (Å²) in [5.41, 5.74) is 1.01. The number of amides is 1. The van der Waals surface area contributed by atoms with Crippen LogP contribution in [0.1, 0.15) is 17.8 Å². The molecule has 0 radical (unpaired) electrons. The number of rotatable bonds is 5. The lowest BCUT2D eigenvalue weighted by Gasteiger charge is -2.16. The van der Waals surface area contributed by atoms with E-state index >= 15 is 0 Å². The second-order valence-corrected chi connectivity index (χ2v) is 7.80. The van der Waals surface area contributed by atoms with E-state index < -0.39 is 0 Å². The first-order valence-corrected chi connectivity index (χ1v) is 9.24. The quantitative estimate of drug-likeness (QED) is 0.865. The molecule has 0 aliphatic carbocycles. The van der Waals surface area contributed by atoms with Crippen LogP contribution in [-0.2, 0) is 11.2 Å². The minimum Gasteiger partial charge on any atom is -0.342 e. The highest BCUT2D eigenvalue weighted by atomic mass is 79.9. The number of hydrogen-bond donors (Lipinski definition) is 1. The number of halogens is 1. The number of hydrogen-bond acceptors (Lipinski definition) is 4. The molecule has 2 aromatic rings. The molecule has 1 N–H and O–H groups in total. The topological polar surface area (TPSA) is 45.2 Å². The Balaban J connectivity index is 1.56. The minimum absolute atomic E-state index is 0.263. The summed E-state index contributed by atoms with van der Waals surface area (Å²) in [5, 5.41) is 4.24. The van der Waals surface area contributed by atoms with Gasteiger partial charge in [-0.1, -0.05) is 15.9 Å². The molecule has 1 aliphatic heterocycles. The first kappa shape index (κ1) is 15.9. The third-order valence-corrected chi connectivity index (χ3v) is 5.67. The number of carbonyl (C=O) groups is 1. The fourth-order valence-corrected chi connectivity index (χ4v) is 4.24. The minimum atomic E-state index is 0.263. The van der Waals surface area contributed by atoms with E-state index in [9.17, 15) is 4.79 Å². The van der Waals surface area contributed by atoms with Crippen LogP contribution in [0.4, 0.5) is 0 Å². The summed E-state index contributed by atoms with van der Waals surface area (Å²) < 4.78 is 2.22. The Morgan fingerprint density at radius 1 is 1.55 bits per heavy atom. The van der Waals surface area contributed by atoms with Crippen LogP contribution in [0.15, 0.2) is 22.7 Å². The van der Waals surface area contributed by atoms with E-state index in [2.05, 4.69) is 32.3 Å². The Labute approximate surface area is 143 Å². The van der Waals surface area contributed by atoms with E-state index in [0.717, 1.165) is 47.5 Å². The highest BCUT2D eigenvalue weighted by Gasteiger charge is 2.25. The highest BCUT2D eigenvalue weighted by Crippen LogP contribution is 2.26. The molecule has 1 saturated heterocycles. The van der Waals surface area contributed by atoms with E-state index in [4.69, 9.17) is 0 Å². The van der Waals surface area contributed by atoms with Crippen LogP contribution in [0, 0.1) is 5.92 Å². The number of likely N-dealkylation sites (tertiary alicyclic amines) is 1. The number of nitrogens with one attached hydrogen (secondary N) is 1. The Bertz CT molecular complexity index is 672. The lowest BCUT2D eigenvalue weighted by atomic mass is 10.1. The van der Waals surface area contributed by atoms with Gasteiger partial charge in [-0.3, -0.25) is 4.79 Å². The number of benzene rings is 1. The van der Waals surface area contributed by atoms with Gasteiger partial charge in [-0.05, 0) is 44.1 Å². The van der Waals surface area contributed by atoms with Crippen molar-refractivity contribution in [3.8, 4) is 0 Å². The van der Waals surface area contributed by atoms with E-state index in [1.807, 2.05) is 24.1 Å². The molecule has 0 saturated carbocycles. The number of aryl methyl sites for hydroxylation is 1. The van der Waals surface area contributed by atoms with Crippen molar-refractivity contribution in [2.75, 3.05) is 26.7 Å². The van der Waals surface area contributed by atoms with Crippen LogP contribution >= 0.6 is 27.3 Å². The maximum atomic E-state index is 12.3. The predicted octanol–water partition coefficient (Wildman–Crippen LogP) is 3.06. The zero-order chi connectivity index (χ0) is 15.5. The van der Waals surface area contributed by atoms with E-state index in [1.54, 1.807) is 11.3 Å². The second kappa shape index (κ2) is 7.06. The fraction of sp³-hybridized carbons (Fsp3) is 0.500. The summed E-state index contributed by atoms with van der Waals surface area (Å²) >= 11 is 5.15. The van der Waals surface area contributed by atoms with Gasteiger partial charge < -0.3 is 10.2 Å². The lowest BCUT2D eigenvalue weighted by molar-refractivity contribution is -0.130. The summed E-state index contributed by atoms with van der Waals surface area (Å²) in [5.74, 6) is 0.868. The molecule has 1 aliphatic rings. The Kier molecular flexibility index (Phi) is 5.10. The van der Waals surface area contributed by atoms with Gasteiger partial charge >= 0.3 is 0 Å². The maximum absolute atomic E-state index is 12.3. The summed E-state index contributed by atoms with van der Waals surface area (Å²) in [6, 6.07) is 6.13. The first-order valence-electron chi connectivity index (χ1n) is 7.63. The Morgan fingerprint density at radius 2 is 2.41 bits per heavy atom. The third-order valence-electron chi connectivity index (χ3n) is 4.08. The van der Waals surface area contributed by atoms with Crippen molar-refractivity contribution in [3.05, 3.63) is 27.7 Å². The Morgan fingerprint density at radius 3 is 3.23 bits per heavy atom. The van der Waals surface area contributed by atoms with Gasteiger partial charge in [-0.2, -0.15) is 0 Å². The van der Waals surface area contributed by atoms with Crippen LogP contribution in [-0.4, -0.2) is 42.5 Å². The SMILES string of the molecule is CNCC1CCN(C(=O)CCc2nc3cc(Br)ccc3s2)C1. The van der Waals surface area contributed by atoms with Crippen molar-refractivity contribution in [2.45, 2.75) is 19.3 Å². The van der Waals surface area contributed by atoms with Crippen molar-refractivity contribution in [1.82, 2.24) is 15.2 Å². The van der Waals surface area contributed by atoms with Crippen LogP contribution in [0.2, 0.25) is 0 Å². The molecule has 0 bridgehead atoms. The van der Waals surface area contributed by atoms with Crippen LogP contribution in [0.3, 0.4) is 0 Å². The predicted molar refractivity (Wildman–Crippen MR) is 94.3 cm³/mol. The lowest BCUT2D eigenvalue weighted by Crippen LogP contribution is -2.30. The summed E-state index contributed by atoms with van der Waals surface area (Å²) in [6.45, 7) is 2.79. The monoisotopic (exact) mass is 381 g/mol. The molecule has 4 nitrogen and oxygen atoms in total. The number of thiazole rings is 1. The summed E-state index contributed by atoms with van der Waals surface area (Å²) in [6.07, 6.45) is 2.41. The third kappa shape index (κ3) is 3.67. The van der Waals surface area contributed by atoms with Crippen LogP contribution in [0.5, 0.6) is 0 Å².